The van der Waals surface area contributed by atoms with E-state index < -0.39 is 0 Å². The van der Waals surface area contributed by atoms with Gasteiger partial charge >= 0.3 is 0 Å². The summed E-state index contributed by atoms with van der Waals surface area (Å²) in [6.45, 7) is 4.62. The summed E-state index contributed by atoms with van der Waals surface area (Å²) in [5.41, 5.74) is 1.78. The lowest BCUT2D eigenvalue weighted by Gasteiger charge is -2.36. The molecule has 0 bridgehead atoms. The van der Waals surface area contributed by atoms with Crippen LogP contribution < -0.4 is 0 Å². The molecular formula is C16H21Cl2N3. The molecule has 21 heavy (non-hydrogen) atoms. The Kier molecular flexibility index (Phi) is 4.41. The van der Waals surface area contributed by atoms with E-state index in [1.54, 1.807) is 6.20 Å². The van der Waals surface area contributed by atoms with Gasteiger partial charge in [-0.3, -0.25) is 0 Å². The van der Waals surface area contributed by atoms with Gasteiger partial charge in [-0.1, -0.05) is 38.3 Å². The quantitative estimate of drug-likeness (QED) is 0.725. The average Bonchev–Trinajstić information content (AvgIpc) is 2.84. The molecule has 1 fully saturated rings. The molecule has 0 aliphatic heterocycles. The van der Waals surface area contributed by atoms with Crippen LogP contribution in [-0.4, -0.2) is 14.5 Å². The van der Waals surface area contributed by atoms with Gasteiger partial charge in [0, 0.05) is 12.2 Å². The third-order valence-electron chi connectivity index (χ3n) is 4.66. The third kappa shape index (κ3) is 2.78. The Balaban J connectivity index is 2.13. The molecule has 2 aromatic heterocycles. The summed E-state index contributed by atoms with van der Waals surface area (Å²) in [6, 6.07) is 2.33. The number of aromatic nitrogens is 3. The fourth-order valence-electron chi connectivity index (χ4n) is 3.69. The van der Waals surface area contributed by atoms with Gasteiger partial charge in [-0.25, -0.2) is 9.97 Å². The molecule has 3 rings (SSSR count). The molecule has 114 valence electrons. The second kappa shape index (κ2) is 6.13. The van der Waals surface area contributed by atoms with Crippen molar-refractivity contribution < 1.29 is 0 Å². The Hall–Kier alpha value is -0.800. The van der Waals surface area contributed by atoms with E-state index in [4.69, 9.17) is 23.2 Å². The molecule has 1 saturated carbocycles. The van der Waals surface area contributed by atoms with E-state index in [2.05, 4.69) is 28.4 Å². The number of hydrogen-bond acceptors (Lipinski definition) is 2. The lowest BCUT2D eigenvalue weighted by Crippen LogP contribution is -2.28. The van der Waals surface area contributed by atoms with Crippen LogP contribution in [0.15, 0.2) is 12.3 Å². The summed E-state index contributed by atoms with van der Waals surface area (Å²) >= 11 is 12.2. The monoisotopic (exact) mass is 325 g/mol. The maximum atomic E-state index is 6.15. The minimum absolute atomic E-state index is 0.412. The molecule has 2 aromatic rings. The Morgan fingerprint density at radius 1 is 1.33 bits per heavy atom. The van der Waals surface area contributed by atoms with E-state index >= 15 is 0 Å². The van der Waals surface area contributed by atoms with Crippen molar-refractivity contribution >= 4 is 34.4 Å². The predicted octanol–water partition coefficient (Wildman–Crippen LogP) is 5.21. The van der Waals surface area contributed by atoms with Crippen LogP contribution in [0.3, 0.4) is 0 Å². The highest BCUT2D eigenvalue weighted by atomic mass is 35.5. The minimum Gasteiger partial charge on any atom is -0.308 e. The van der Waals surface area contributed by atoms with E-state index in [9.17, 15) is 0 Å². The van der Waals surface area contributed by atoms with Crippen LogP contribution in [0.25, 0.3) is 11.2 Å². The molecule has 0 N–H and O–H groups in total. The molecule has 0 saturated heterocycles. The Labute approximate surface area is 135 Å². The van der Waals surface area contributed by atoms with Crippen molar-refractivity contribution in [1.82, 2.24) is 14.5 Å². The molecule has 1 aliphatic carbocycles. The summed E-state index contributed by atoms with van der Waals surface area (Å²) in [4.78, 5) is 9.17. The highest BCUT2D eigenvalue weighted by Gasteiger charge is 2.31. The number of pyridine rings is 1. The van der Waals surface area contributed by atoms with Crippen LogP contribution in [-0.2, 0) is 5.88 Å². The second-order valence-electron chi connectivity index (χ2n) is 6.29. The van der Waals surface area contributed by atoms with Gasteiger partial charge in [-0.05, 0) is 30.7 Å². The van der Waals surface area contributed by atoms with E-state index in [1.165, 1.54) is 25.7 Å². The van der Waals surface area contributed by atoms with Crippen molar-refractivity contribution in [1.29, 1.82) is 0 Å². The molecule has 0 radical (unpaired) electrons. The molecule has 2 heterocycles. The Morgan fingerprint density at radius 3 is 2.81 bits per heavy atom. The minimum atomic E-state index is 0.412. The van der Waals surface area contributed by atoms with Gasteiger partial charge in [0.05, 0.1) is 10.9 Å². The van der Waals surface area contributed by atoms with Gasteiger partial charge in [0.2, 0.25) is 0 Å². The predicted molar refractivity (Wildman–Crippen MR) is 87.9 cm³/mol. The van der Waals surface area contributed by atoms with Gasteiger partial charge in [0.1, 0.15) is 11.3 Å². The van der Waals surface area contributed by atoms with E-state index in [0.717, 1.165) is 17.0 Å². The topological polar surface area (TPSA) is 30.7 Å². The number of imidazole rings is 1. The number of alkyl halides is 1. The lowest BCUT2D eigenvalue weighted by molar-refractivity contribution is 0.185. The highest BCUT2D eigenvalue weighted by Crippen LogP contribution is 2.40. The zero-order valence-electron chi connectivity index (χ0n) is 12.5. The summed E-state index contributed by atoms with van der Waals surface area (Å²) in [5.74, 6) is 2.65. The highest BCUT2D eigenvalue weighted by molar-refractivity contribution is 6.31. The molecule has 3 nitrogen and oxygen atoms in total. The lowest BCUT2D eigenvalue weighted by atomic mass is 9.77. The van der Waals surface area contributed by atoms with E-state index in [0.29, 0.717) is 28.8 Å². The fourth-order valence-corrected chi connectivity index (χ4v) is 4.03. The van der Waals surface area contributed by atoms with Gasteiger partial charge in [0.15, 0.2) is 5.65 Å². The molecule has 2 atom stereocenters. The average molecular weight is 326 g/mol. The van der Waals surface area contributed by atoms with Crippen molar-refractivity contribution in [2.75, 3.05) is 0 Å². The number of nitrogens with zero attached hydrogens (tertiary/aromatic N) is 3. The zero-order valence-corrected chi connectivity index (χ0v) is 14.0. The molecule has 2 unspecified atom stereocenters. The second-order valence-corrected chi connectivity index (χ2v) is 6.99. The SMILES string of the molecule is CC(C)C1CCCCC1n1c(CCl)nc2cc(Cl)cnc21. The van der Waals surface area contributed by atoms with Gasteiger partial charge in [-0.2, -0.15) is 0 Å². The normalized spacial score (nSPS) is 23.1. The summed E-state index contributed by atoms with van der Waals surface area (Å²) in [5, 5.41) is 0.623. The van der Waals surface area contributed by atoms with Crippen molar-refractivity contribution in [3.63, 3.8) is 0 Å². The standard InChI is InChI=1S/C16H21Cl2N3/c1-10(2)12-5-3-4-6-14(12)21-15(8-17)20-13-7-11(18)9-19-16(13)21/h7,9-10,12,14H,3-6,8H2,1-2H3. The maximum Gasteiger partial charge on any atom is 0.160 e. The number of rotatable bonds is 3. The molecule has 0 aromatic carbocycles. The van der Waals surface area contributed by atoms with Gasteiger partial charge < -0.3 is 4.57 Å². The summed E-state index contributed by atoms with van der Waals surface area (Å²) in [7, 11) is 0. The fraction of sp³-hybridized carbons (Fsp3) is 0.625. The van der Waals surface area contributed by atoms with Crippen LogP contribution in [0.1, 0.15) is 51.4 Å². The van der Waals surface area contributed by atoms with Gasteiger partial charge in [0.25, 0.3) is 0 Å². The molecule has 1 aliphatic rings. The first-order valence-electron chi connectivity index (χ1n) is 7.70. The molecule has 0 spiro atoms. The molecular weight excluding hydrogens is 305 g/mol. The molecule has 0 amide bonds. The number of halogens is 2. The summed E-state index contributed by atoms with van der Waals surface area (Å²) in [6.07, 6.45) is 6.75. The maximum absolute atomic E-state index is 6.15. The largest absolute Gasteiger partial charge is 0.308 e. The van der Waals surface area contributed by atoms with E-state index in [1.807, 2.05) is 6.07 Å². The zero-order chi connectivity index (χ0) is 15.0. The van der Waals surface area contributed by atoms with Crippen LogP contribution in [0.4, 0.5) is 0 Å². The van der Waals surface area contributed by atoms with E-state index in [-0.39, 0.29) is 0 Å². The van der Waals surface area contributed by atoms with Gasteiger partial charge in [-0.15, -0.1) is 11.6 Å². The first kappa shape index (κ1) is 15.1. The first-order valence-corrected chi connectivity index (χ1v) is 8.61. The van der Waals surface area contributed by atoms with Crippen molar-refractivity contribution in [3.8, 4) is 0 Å². The summed E-state index contributed by atoms with van der Waals surface area (Å²) < 4.78 is 2.28. The molecule has 5 heteroatoms. The van der Waals surface area contributed by atoms with Crippen molar-refractivity contribution in [2.45, 2.75) is 51.5 Å². The van der Waals surface area contributed by atoms with Crippen LogP contribution in [0, 0.1) is 11.8 Å². The van der Waals surface area contributed by atoms with Crippen LogP contribution >= 0.6 is 23.2 Å². The van der Waals surface area contributed by atoms with Crippen molar-refractivity contribution in [2.24, 2.45) is 11.8 Å². The van der Waals surface area contributed by atoms with Crippen molar-refractivity contribution in [3.05, 3.63) is 23.1 Å². The number of fused-ring (bicyclic) bond motifs is 1. The number of hydrogen-bond donors (Lipinski definition) is 0. The van der Waals surface area contributed by atoms with Crippen LogP contribution in [0.2, 0.25) is 5.02 Å². The smallest absolute Gasteiger partial charge is 0.160 e. The Morgan fingerprint density at radius 2 is 2.10 bits per heavy atom. The first-order chi connectivity index (χ1) is 10.1. The van der Waals surface area contributed by atoms with Crippen LogP contribution in [0.5, 0.6) is 0 Å². The third-order valence-corrected chi connectivity index (χ3v) is 5.10. The Bertz CT molecular complexity index is 636.